The second kappa shape index (κ2) is 5.36. The quantitative estimate of drug-likeness (QED) is 0.793. The molecule has 1 N–H and O–H groups in total. The largest absolute Gasteiger partial charge is 0.371 e. The molecule has 0 radical (unpaired) electrons. The molecule has 98 valence electrons. The van der Waals surface area contributed by atoms with E-state index in [0.717, 1.165) is 32.6 Å². The van der Waals surface area contributed by atoms with Crippen LogP contribution in [-0.4, -0.2) is 49.2 Å². The van der Waals surface area contributed by atoms with Gasteiger partial charge >= 0.3 is 0 Å². The third-order valence-corrected chi connectivity index (χ3v) is 3.70. The Balaban J connectivity index is 1.88. The number of ether oxygens (including phenoxy) is 1. The second-order valence-corrected chi connectivity index (χ2v) is 5.63. The molecule has 2 aliphatic heterocycles. The summed E-state index contributed by atoms with van der Waals surface area (Å²) in [7, 11) is 0. The molecule has 2 aliphatic rings. The molecule has 1 amide bonds. The fourth-order valence-corrected chi connectivity index (χ4v) is 2.71. The molecule has 0 aromatic heterocycles. The van der Waals surface area contributed by atoms with E-state index >= 15 is 0 Å². The summed E-state index contributed by atoms with van der Waals surface area (Å²) in [5.74, 6) is 0.757. The summed E-state index contributed by atoms with van der Waals surface area (Å²) in [6.45, 7) is 10.1. The fraction of sp³-hybridized carbons (Fsp3) is 0.923. The van der Waals surface area contributed by atoms with Crippen molar-refractivity contribution in [3.8, 4) is 0 Å². The van der Waals surface area contributed by atoms with Gasteiger partial charge in [0.25, 0.3) is 0 Å². The topological polar surface area (TPSA) is 41.6 Å². The summed E-state index contributed by atoms with van der Waals surface area (Å²) in [6, 6.07) is 0. The standard InChI is InChI=1S/C13H24N2O2/c1-4-15-7-10-5-11(12(8-15)17-10)13(16)14-6-9(2)3/h9-12H,4-8H2,1-3H3,(H,14,16)/t10-,11+,12-/m0/s1. The molecule has 4 nitrogen and oxygen atoms in total. The normalized spacial score (nSPS) is 33.1. The van der Waals surface area contributed by atoms with Gasteiger partial charge in [0, 0.05) is 19.6 Å². The molecule has 0 aromatic carbocycles. The molecule has 2 heterocycles. The van der Waals surface area contributed by atoms with E-state index in [1.807, 2.05) is 0 Å². The van der Waals surface area contributed by atoms with Crippen LogP contribution in [0.25, 0.3) is 0 Å². The van der Waals surface area contributed by atoms with Crippen molar-refractivity contribution < 1.29 is 9.53 Å². The van der Waals surface area contributed by atoms with Crippen molar-refractivity contribution in [3.63, 3.8) is 0 Å². The molecule has 0 aliphatic carbocycles. The van der Waals surface area contributed by atoms with E-state index < -0.39 is 0 Å². The number of rotatable bonds is 4. The van der Waals surface area contributed by atoms with Crippen LogP contribution >= 0.6 is 0 Å². The number of likely N-dealkylation sites (tertiary alicyclic amines) is 1. The predicted molar refractivity (Wildman–Crippen MR) is 66.7 cm³/mol. The van der Waals surface area contributed by atoms with Crippen LogP contribution in [0.4, 0.5) is 0 Å². The number of carbonyl (C=O) groups excluding carboxylic acids is 1. The van der Waals surface area contributed by atoms with Gasteiger partial charge in [0.15, 0.2) is 0 Å². The lowest BCUT2D eigenvalue weighted by atomic mass is 9.99. The molecule has 2 saturated heterocycles. The lowest BCUT2D eigenvalue weighted by Crippen LogP contribution is -2.45. The first-order valence-corrected chi connectivity index (χ1v) is 6.75. The Labute approximate surface area is 104 Å². The van der Waals surface area contributed by atoms with Gasteiger partial charge in [-0.15, -0.1) is 0 Å². The van der Waals surface area contributed by atoms with Gasteiger partial charge in [-0.3, -0.25) is 9.69 Å². The van der Waals surface area contributed by atoms with Gasteiger partial charge in [-0.05, 0) is 18.9 Å². The summed E-state index contributed by atoms with van der Waals surface area (Å²) in [5, 5.41) is 3.03. The zero-order valence-corrected chi connectivity index (χ0v) is 11.1. The lowest BCUT2D eigenvalue weighted by Gasteiger charge is -2.31. The van der Waals surface area contributed by atoms with Gasteiger partial charge in [0.05, 0.1) is 18.1 Å². The molecular weight excluding hydrogens is 216 g/mol. The summed E-state index contributed by atoms with van der Waals surface area (Å²) < 4.78 is 5.87. The molecule has 2 bridgehead atoms. The van der Waals surface area contributed by atoms with Crippen LogP contribution in [0.1, 0.15) is 27.2 Å². The Morgan fingerprint density at radius 2 is 2.24 bits per heavy atom. The smallest absolute Gasteiger partial charge is 0.225 e. The Kier molecular flexibility index (Phi) is 4.05. The van der Waals surface area contributed by atoms with Gasteiger partial charge in [0.1, 0.15) is 0 Å². The average Bonchev–Trinajstić information content (AvgIpc) is 2.61. The van der Waals surface area contributed by atoms with Crippen LogP contribution in [0, 0.1) is 11.8 Å². The van der Waals surface area contributed by atoms with E-state index in [1.165, 1.54) is 0 Å². The van der Waals surface area contributed by atoms with Gasteiger partial charge in [-0.1, -0.05) is 20.8 Å². The summed E-state index contributed by atoms with van der Waals surface area (Å²) >= 11 is 0. The number of hydrogen-bond donors (Lipinski definition) is 1. The summed E-state index contributed by atoms with van der Waals surface area (Å²) in [4.78, 5) is 14.5. The maximum Gasteiger partial charge on any atom is 0.225 e. The van der Waals surface area contributed by atoms with Crippen molar-refractivity contribution in [3.05, 3.63) is 0 Å². The van der Waals surface area contributed by atoms with Gasteiger partial charge < -0.3 is 10.1 Å². The Morgan fingerprint density at radius 1 is 1.47 bits per heavy atom. The van der Waals surface area contributed by atoms with E-state index in [4.69, 9.17) is 4.74 Å². The minimum atomic E-state index is 0.0651. The van der Waals surface area contributed by atoms with Crippen molar-refractivity contribution in [2.24, 2.45) is 11.8 Å². The Morgan fingerprint density at radius 3 is 2.88 bits per heavy atom. The molecule has 0 spiro atoms. The van der Waals surface area contributed by atoms with Crippen molar-refractivity contribution in [1.29, 1.82) is 0 Å². The number of hydrogen-bond acceptors (Lipinski definition) is 3. The molecule has 0 unspecified atom stereocenters. The van der Waals surface area contributed by atoms with E-state index in [0.29, 0.717) is 5.92 Å². The molecule has 17 heavy (non-hydrogen) atoms. The van der Waals surface area contributed by atoms with Gasteiger partial charge in [0.2, 0.25) is 5.91 Å². The highest BCUT2D eigenvalue weighted by Gasteiger charge is 2.44. The number of likely N-dealkylation sites (N-methyl/N-ethyl adjacent to an activating group) is 1. The zero-order valence-electron chi connectivity index (χ0n) is 11.1. The van der Waals surface area contributed by atoms with Crippen LogP contribution in [0.3, 0.4) is 0 Å². The van der Waals surface area contributed by atoms with E-state index in [2.05, 4.69) is 31.0 Å². The first kappa shape index (κ1) is 12.8. The highest BCUT2D eigenvalue weighted by molar-refractivity contribution is 5.79. The highest BCUT2D eigenvalue weighted by Crippen LogP contribution is 2.31. The van der Waals surface area contributed by atoms with Crippen molar-refractivity contribution >= 4 is 5.91 Å². The highest BCUT2D eigenvalue weighted by atomic mass is 16.5. The first-order chi connectivity index (χ1) is 8.10. The fourth-order valence-electron chi connectivity index (χ4n) is 2.71. The van der Waals surface area contributed by atoms with Crippen LogP contribution in [-0.2, 0) is 9.53 Å². The second-order valence-electron chi connectivity index (χ2n) is 5.63. The number of carbonyl (C=O) groups is 1. The SMILES string of the molecule is CCN1C[C@@H]2C[C@@H](C(=O)NCC(C)C)[C@H](C1)O2. The maximum absolute atomic E-state index is 12.1. The minimum absolute atomic E-state index is 0.0651. The molecule has 2 fully saturated rings. The molecule has 0 aromatic rings. The number of fused-ring (bicyclic) bond motifs is 2. The number of morpholine rings is 1. The molecular formula is C13H24N2O2. The van der Waals surface area contributed by atoms with E-state index in [9.17, 15) is 4.79 Å². The van der Waals surface area contributed by atoms with Crippen LogP contribution < -0.4 is 5.32 Å². The van der Waals surface area contributed by atoms with Crippen LogP contribution in [0.15, 0.2) is 0 Å². The Bertz CT molecular complexity index is 281. The Hall–Kier alpha value is -0.610. The molecule has 4 heteroatoms. The predicted octanol–water partition coefficient (Wildman–Crippen LogP) is 0.868. The monoisotopic (exact) mass is 240 g/mol. The maximum atomic E-state index is 12.1. The number of amides is 1. The van der Waals surface area contributed by atoms with Gasteiger partial charge in [-0.25, -0.2) is 0 Å². The lowest BCUT2D eigenvalue weighted by molar-refractivity contribution is -0.128. The van der Waals surface area contributed by atoms with E-state index in [1.54, 1.807) is 0 Å². The summed E-state index contributed by atoms with van der Waals surface area (Å²) in [5.41, 5.74) is 0. The van der Waals surface area contributed by atoms with Crippen molar-refractivity contribution in [2.75, 3.05) is 26.2 Å². The molecule has 0 saturated carbocycles. The molecule has 3 atom stereocenters. The first-order valence-electron chi connectivity index (χ1n) is 6.75. The van der Waals surface area contributed by atoms with Gasteiger partial charge in [-0.2, -0.15) is 0 Å². The number of nitrogens with one attached hydrogen (secondary N) is 1. The summed E-state index contributed by atoms with van der Waals surface area (Å²) in [6.07, 6.45) is 1.27. The van der Waals surface area contributed by atoms with Crippen LogP contribution in [0.5, 0.6) is 0 Å². The third kappa shape index (κ3) is 2.99. The minimum Gasteiger partial charge on any atom is -0.371 e. The van der Waals surface area contributed by atoms with Crippen molar-refractivity contribution in [1.82, 2.24) is 10.2 Å². The zero-order chi connectivity index (χ0) is 12.4. The van der Waals surface area contributed by atoms with Crippen molar-refractivity contribution in [2.45, 2.75) is 39.4 Å². The van der Waals surface area contributed by atoms with Crippen LogP contribution in [0.2, 0.25) is 0 Å². The average molecular weight is 240 g/mol. The number of nitrogens with zero attached hydrogens (tertiary/aromatic N) is 1. The molecule has 2 rings (SSSR count). The third-order valence-electron chi connectivity index (χ3n) is 3.70. The van der Waals surface area contributed by atoms with E-state index in [-0.39, 0.29) is 24.0 Å².